The van der Waals surface area contributed by atoms with E-state index in [0.29, 0.717) is 18.2 Å². The van der Waals surface area contributed by atoms with Crippen LogP contribution in [0, 0.1) is 0 Å². The second kappa shape index (κ2) is 7.02. The molecule has 1 fully saturated rings. The molecular formula is C13H23NO3S. The van der Waals surface area contributed by atoms with Crippen LogP contribution in [0.4, 0.5) is 0 Å². The van der Waals surface area contributed by atoms with Crippen LogP contribution in [0.2, 0.25) is 0 Å². The smallest absolute Gasteiger partial charge is 0.319 e. The quantitative estimate of drug-likeness (QED) is 0.780. The first-order chi connectivity index (χ1) is 8.42. The van der Waals surface area contributed by atoms with Crippen LogP contribution in [0.1, 0.15) is 52.4 Å². The molecule has 0 aromatic heterocycles. The summed E-state index contributed by atoms with van der Waals surface area (Å²) in [7, 11) is 0. The summed E-state index contributed by atoms with van der Waals surface area (Å²) < 4.78 is -0.814. The van der Waals surface area contributed by atoms with E-state index in [1.54, 1.807) is 13.8 Å². The van der Waals surface area contributed by atoms with Crippen molar-refractivity contribution in [3.8, 4) is 0 Å². The molecule has 1 aliphatic rings. The molecule has 4 nitrogen and oxygen atoms in total. The molecule has 0 aromatic carbocycles. The van der Waals surface area contributed by atoms with Crippen molar-refractivity contribution in [3.05, 3.63) is 0 Å². The monoisotopic (exact) mass is 273 g/mol. The molecule has 104 valence electrons. The van der Waals surface area contributed by atoms with Gasteiger partial charge in [-0.15, -0.1) is 11.8 Å². The number of carboxylic acid groups (broad SMARTS) is 1. The lowest BCUT2D eigenvalue weighted by Crippen LogP contribution is -2.36. The Hall–Kier alpha value is -0.710. The zero-order chi connectivity index (χ0) is 13.6. The maximum atomic E-state index is 11.7. The Morgan fingerprint density at radius 2 is 1.89 bits per heavy atom. The Morgan fingerprint density at radius 1 is 1.28 bits per heavy atom. The van der Waals surface area contributed by atoms with Crippen LogP contribution in [0.5, 0.6) is 0 Å². The number of amides is 1. The standard InChI is InChI=1S/C13H23NO3S/c1-13(2,12(16)17)18-9-8-11(15)14-10-6-4-3-5-7-10/h10H,3-9H2,1-2H3,(H,14,15)(H,16,17). The van der Waals surface area contributed by atoms with Crippen molar-refractivity contribution in [3.63, 3.8) is 0 Å². The molecule has 1 saturated carbocycles. The molecule has 0 bridgehead atoms. The average Bonchev–Trinajstić information content (AvgIpc) is 2.29. The van der Waals surface area contributed by atoms with Gasteiger partial charge >= 0.3 is 5.97 Å². The van der Waals surface area contributed by atoms with Gasteiger partial charge in [0.2, 0.25) is 5.91 Å². The van der Waals surface area contributed by atoms with E-state index in [2.05, 4.69) is 5.32 Å². The topological polar surface area (TPSA) is 66.4 Å². The van der Waals surface area contributed by atoms with Crippen molar-refractivity contribution < 1.29 is 14.7 Å². The molecule has 0 saturated heterocycles. The lowest BCUT2D eigenvalue weighted by molar-refractivity contribution is -0.139. The second-order valence-electron chi connectivity index (χ2n) is 5.32. The number of carboxylic acids is 1. The number of hydrogen-bond donors (Lipinski definition) is 2. The zero-order valence-corrected chi connectivity index (χ0v) is 12.0. The third-order valence-electron chi connectivity index (χ3n) is 3.28. The van der Waals surface area contributed by atoms with Crippen molar-refractivity contribution >= 4 is 23.6 Å². The normalized spacial score (nSPS) is 17.4. The molecule has 0 atom stereocenters. The van der Waals surface area contributed by atoms with Gasteiger partial charge in [0.05, 0.1) is 0 Å². The third kappa shape index (κ3) is 5.29. The summed E-state index contributed by atoms with van der Waals surface area (Å²) in [6, 6.07) is 0.337. The molecule has 0 spiro atoms. The highest BCUT2D eigenvalue weighted by Gasteiger charge is 2.27. The van der Waals surface area contributed by atoms with Gasteiger partial charge in [-0.1, -0.05) is 19.3 Å². The maximum absolute atomic E-state index is 11.7. The number of rotatable bonds is 6. The molecule has 5 heteroatoms. The fourth-order valence-corrected chi connectivity index (χ4v) is 2.93. The minimum absolute atomic E-state index is 0.0515. The predicted molar refractivity (Wildman–Crippen MR) is 73.8 cm³/mol. The van der Waals surface area contributed by atoms with E-state index in [9.17, 15) is 9.59 Å². The van der Waals surface area contributed by atoms with Crippen LogP contribution < -0.4 is 5.32 Å². The maximum Gasteiger partial charge on any atom is 0.319 e. The van der Waals surface area contributed by atoms with Gasteiger partial charge in [0.1, 0.15) is 4.75 Å². The minimum Gasteiger partial charge on any atom is -0.480 e. The van der Waals surface area contributed by atoms with E-state index in [1.165, 1.54) is 31.0 Å². The first-order valence-electron chi connectivity index (χ1n) is 6.58. The first kappa shape index (κ1) is 15.3. The van der Waals surface area contributed by atoms with Gasteiger partial charge < -0.3 is 10.4 Å². The van der Waals surface area contributed by atoms with Gasteiger partial charge in [-0.2, -0.15) is 0 Å². The molecule has 0 aliphatic heterocycles. The number of aliphatic carboxylic acids is 1. The van der Waals surface area contributed by atoms with Crippen molar-refractivity contribution in [2.75, 3.05) is 5.75 Å². The van der Waals surface area contributed by atoms with Crippen molar-refractivity contribution in [2.45, 2.75) is 63.2 Å². The Balaban J connectivity index is 2.18. The highest BCUT2D eigenvalue weighted by molar-refractivity contribution is 8.01. The summed E-state index contributed by atoms with van der Waals surface area (Å²) in [5.74, 6) is -0.228. The highest BCUT2D eigenvalue weighted by atomic mass is 32.2. The predicted octanol–water partition coefficient (Wildman–Crippen LogP) is 2.42. The Bertz CT molecular complexity index is 299. The zero-order valence-electron chi connectivity index (χ0n) is 11.2. The molecule has 0 aromatic rings. The van der Waals surface area contributed by atoms with Crippen molar-refractivity contribution in [1.82, 2.24) is 5.32 Å². The Labute approximate surface area is 113 Å². The van der Waals surface area contributed by atoms with Crippen molar-refractivity contribution in [2.24, 2.45) is 0 Å². The molecule has 1 aliphatic carbocycles. The number of thioether (sulfide) groups is 1. The molecule has 18 heavy (non-hydrogen) atoms. The van der Waals surface area contributed by atoms with Crippen molar-refractivity contribution in [1.29, 1.82) is 0 Å². The summed E-state index contributed by atoms with van der Waals surface area (Å²) in [5, 5.41) is 12.0. The van der Waals surface area contributed by atoms with Gasteiger partial charge in [-0.25, -0.2) is 0 Å². The van der Waals surface area contributed by atoms with Gasteiger partial charge in [0.25, 0.3) is 0 Å². The van der Waals surface area contributed by atoms with E-state index < -0.39 is 10.7 Å². The van der Waals surface area contributed by atoms with E-state index >= 15 is 0 Å². The largest absolute Gasteiger partial charge is 0.480 e. The fourth-order valence-electron chi connectivity index (χ4n) is 2.01. The lowest BCUT2D eigenvalue weighted by atomic mass is 9.95. The van der Waals surface area contributed by atoms with Crippen LogP contribution in [0.3, 0.4) is 0 Å². The second-order valence-corrected chi connectivity index (χ2v) is 7.03. The summed E-state index contributed by atoms with van der Waals surface area (Å²) in [6.45, 7) is 3.33. The highest BCUT2D eigenvalue weighted by Crippen LogP contribution is 2.25. The fraction of sp³-hybridized carbons (Fsp3) is 0.846. The Morgan fingerprint density at radius 3 is 2.44 bits per heavy atom. The van der Waals surface area contributed by atoms with E-state index in [0.717, 1.165) is 12.8 Å². The molecule has 0 unspecified atom stereocenters. The molecule has 1 amide bonds. The number of nitrogens with one attached hydrogen (secondary N) is 1. The van der Waals surface area contributed by atoms with Crippen LogP contribution in [-0.4, -0.2) is 33.5 Å². The van der Waals surface area contributed by atoms with E-state index in [4.69, 9.17) is 5.11 Å². The third-order valence-corrected chi connectivity index (χ3v) is 4.58. The van der Waals surface area contributed by atoms with Crippen LogP contribution in [-0.2, 0) is 9.59 Å². The molecule has 1 rings (SSSR count). The number of carbonyl (C=O) groups excluding carboxylic acids is 1. The van der Waals surface area contributed by atoms with E-state index in [1.807, 2.05) is 0 Å². The number of carbonyl (C=O) groups is 2. The summed E-state index contributed by atoms with van der Waals surface area (Å²) >= 11 is 1.32. The first-order valence-corrected chi connectivity index (χ1v) is 7.57. The van der Waals surface area contributed by atoms with Gasteiger partial charge in [-0.05, 0) is 26.7 Å². The van der Waals surface area contributed by atoms with Gasteiger partial charge in [-0.3, -0.25) is 9.59 Å². The SMILES string of the molecule is CC(C)(SCCC(=O)NC1CCCCC1)C(=O)O. The Kier molecular flexibility index (Phi) is 5.99. The number of hydrogen-bond acceptors (Lipinski definition) is 3. The van der Waals surface area contributed by atoms with E-state index in [-0.39, 0.29) is 5.91 Å². The lowest BCUT2D eigenvalue weighted by Gasteiger charge is -2.23. The van der Waals surface area contributed by atoms with Crippen LogP contribution >= 0.6 is 11.8 Å². The molecule has 0 radical (unpaired) electrons. The summed E-state index contributed by atoms with van der Waals surface area (Å²) in [4.78, 5) is 22.6. The average molecular weight is 273 g/mol. The van der Waals surface area contributed by atoms with Crippen LogP contribution in [0.25, 0.3) is 0 Å². The van der Waals surface area contributed by atoms with Gasteiger partial charge in [0.15, 0.2) is 0 Å². The summed E-state index contributed by atoms with van der Waals surface area (Å²) in [5.41, 5.74) is 0. The van der Waals surface area contributed by atoms with Crippen LogP contribution in [0.15, 0.2) is 0 Å². The minimum atomic E-state index is -0.833. The van der Waals surface area contributed by atoms with Gasteiger partial charge in [0, 0.05) is 18.2 Å². The molecular weight excluding hydrogens is 250 g/mol. The molecule has 2 N–H and O–H groups in total. The molecule has 0 heterocycles. The summed E-state index contributed by atoms with van der Waals surface area (Å²) in [6.07, 6.45) is 6.24.